The molecule has 0 rings (SSSR count). The molecule has 0 heterocycles. The first kappa shape index (κ1) is 13.1. The Morgan fingerprint density at radius 3 is 1.69 bits per heavy atom. The molecular weight excluding hydrogens is 199 g/mol. The summed E-state index contributed by atoms with van der Waals surface area (Å²) < 4.78 is 26.5. The van der Waals surface area contributed by atoms with Crippen molar-refractivity contribution >= 4 is 11.6 Å². The second-order valence-corrected chi connectivity index (χ2v) is 2.59. The van der Waals surface area contributed by atoms with Crippen molar-refractivity contribution in [1.29, 1.82) is 0 Å². The maximum atomic E-state index is 11.5. The summed E-state index contributed by atoms with van der Waals surface area (Å²) in [7, 11) is 0. The van der Waals surface area contributed by atoms with Gasteiger partial charge in [-0.2, -0.15) is 0 Å². The highest BCUT2D eigenvalue weighted by atomic mass is 35.5. The van der Waals surface area contributed by atoms with Crippen molar-refractivity contribution in [2.45, 2.75) is 0 Å². The molecule has 0 N–H and O–H groups in total. The maximum absolute atomic E-state index is 11.5. The fourth-order valence-corrected chi connectivity index (χ4v) is 0.760. The number of halogens is 2. The van der Waals surface area contributed by atoms with Gasteiger partial charge in [0.2, 0.25) is 0 Å². The summed E-state index contributed by atoms with van der Waals surface area (Å²) in [4.78, 5) is 0. The van der Waals surface area contributed by atoms with Crippen molar-refractivity contribution < 1.29 is 18.6 Å². The molecule has 0 spiro atoms. The van der Waals surface area contributed by atoms with Crippen LogP contribution in [0.3, 0.4) is 0 Å². The van der Waals surface area contributed by atoms with Gasteiger partial charge < -0.3 is 14.2 Å². The predicted octanol–water partition coefficient (Wildman–Crippen LogP) is 1.24. The summed E-state index contributed by atoms with van der Waals surface area (Å²) in [6.07, 6.45) is 0. The van der Waals surface area contributed by atoms with Crippen molar-refractivity contribution in [2.24, 2.45) is 0 Å². The van der Waals surface area contributed by atoms with Gasteiger partial charge >= 0.3 is 0 Å². The van der Waals surface area contributed by atoms with Crippen LogP contribution in [0.2, 0.25) is 0 Å². The molecule has 0 aliphatic rings. The van der Waals surface area contributed by atoms with Crippen LogP contribution in [0.1, 0.15) is 0 Å². The van der Waals surface area contributed by atoms with Crippen LogP contribution < -0.4 is 0 Å². The zero-order valence-corrected chi connectivity index (χ0v) is 8.39. The lowest BCUT2D eigenvalue weighted by atomic mass is 10.7. The standard InChI is InChI=1S/C8H16ClFO3/c9-1-3-11-5-7-13-8-6-12-4-2-10/h1-8H2. The van der Waals surface area contributed by atoms with Crippen LogP contribution in [0.25, 0.3) is 0 Å². The lowest BCUT2D eigenvalue weighted by Gasteiger charge is -2.04. The smallest absolute Gasteiger partial charge is 0.113 e. The largest absolute Gasteiger partial charge is 0.378 e. The van der Waals surface area contributed by atoms with E-state index in [1.165, 1.54) is 0 Å². The molecule has 13 heavy (non-hydrogen) atoms. The first-order valence-electron chi connectivity index (χ1n) is 4.27. The highest BCUT2D eigenvalue weighted by Crippen LogP contribution is 1.82. The molecule has 0 unspecified atom stereocenters. The van der Waals surface area contributed by atoms with Gasteiger partial charge in [-0.25, -0.2) is 4.39 Å². The Hall–Kier alpha value is 0.1000. The third kappa shape index (κ3) is 12.1. The summed E-state index contributed by atoms with van der Waals surface area (Å²) >= 11 is 5.38. The molecule has 0 amide bonds. The van der Waals surface area contributed by atoms with Crippen LogP contribution in [0, 0.1) is 0 Å². The second-order valence-electron chi connectivity index (χ2n) is 2.22. The Morgan fingerprint density at radius 2 is 1.23 bits per heavy atom. The molecular formula is C8H16ClFO3. The minimum Gasteiger partial charge on any atom is -0.378 e. The van der Waals surface area contributed by atoms with Crippen molar-refractivity contribution in [3.63, 3.8) is 0 Å². The van der Waals surface area contributed by atoms with Crippen LogP contribution in [-0.4, -0.2) is 52.2 Å². The monoisotopic (exact) mass is 214 g/mol. The molecule has 5 heteroatoms. The Kier molecular flexibility index (Phi) is 12.2. The summed E-state index contributed by atoms with van der Waals surface area (Å²) in [6, 6.07) is 0. The van der Waals surface area contributed by atoms with Gasteiger partial charge in [0.15, 0.2) is 0 Å². The molecule has 0 saturated heterocycles. The molecule has 0 saturated carbocycles. The molecule has 0 aliphatic carbocycles. The van der Waals surface area contributed by atoms with Crippen molar-refractivity contribution in [2.75, 3.05) is 52.2 Å². The average Bonchev–Trinajstić information content (AvgIpc) is 2.16. The van der Waals surface area contributed by atoms with Gasteiger partial charge in [-0.15, -0.1) is 11.6 Å². The van der Waals surface area contributed by atoms with Crippen molar-refractivity contribution in [3.05, 3.63) is 0 Å². The number of alkyl halides is 2. The fourth-order valence-electron chi connectivity index (χ4n) is 0.651. The molecule has 80 valence electrons. The third-order valence-electron chi connectivity index (χ3n) is 1.19. The van der Waals surface area contributed by atoms with E-state index in [9.17, 15) is 4.39 Å². The van der Waals surface area contributed by atoms with Crippen LogP contribution in [0.5, 0.6) is 0 Å². The molecule has 0 atom stereocenters. The van der Waals surface area contributed by atoms with Gasteiger partial charge in [-0.1, -0.05) is 0 Å². The average molecular weight is 215 g/mol. The van der Waals surface area contributed by atoms with E-state index in [2.05, 4.69) is 0 Å². The molecule has 3 nitrogen and oxygen atoms in total. The number of hydrogen-bond acceptors (Lipinski definition) is 3. The van der Waals surface area contributed by atoms with E-state index in [0.29, 0.717) is 38.9 Å². The molecule has 0 aliphatic heterocycles. The Labute approximate surface area is 83.1 Å². The minimum atomic E-state index is -0.446. The topological polar surface area (TPSA) is 27.7 Å². The first-order valence-corrected chi connectivity index (χ1v) is 4.80. The van der Waals surface area contributed by atoms with Crippen molar-refractivity contribution in [1.82, 2.24) is 0 Å². The Bertz CT molecular complexity index is 85.5. The van der Waals surface area contributed by atoms with Gasteiger partial charge in [0.05, 0.1) is 39.6 Å². The zero-order chi connectivity index (χ0) is 9.78. The first-order chi connectivity index (χ1) is 6.41. The van der Waals surface area contributed by atoms with Crippen molar-refractivity contribution in [3.8, 4) is 0 Å². The summed E-state index contributed by atoms with van der Waals surface area (Å²) in [5.74, 6) is 0.500. The van der Waals surface area contributed by atoms with Crippen LogP contribution >= 0.6 is 11.6 Å². The Morgan fingerprint density at radius 1 is 0.769 bits per heavy atom. The Balaban J connectivity index is 2.76. The predicted molar refractivity (Wildman–Crippen MR) is 49.2 cm³/mol. The van der Waals surface area contributed by atoms with Gasteiger partial charge in [0.25, 0.3) is 0 Å². The molecule has 0 aromatic rings. The zero-order valence-electron chi connectivity index (χ0n) is 7.64. The highest BCUT2D eigenvalue weighted by Gasteiger charge is 1.90. The van der Waals surface area contributed by atoms with Crippen LogP contribution in [-0.2, 0) is 14.2 Å². The van der Waals surface area contributed by atoms with E-state index >= 15 is 0 Å². The minimum absolute atomic E-state index is 0.145. The normalized spacial score (nSPS) is 10.6. The molecule has 0 aromatic heterocycles. The van der Waals surface area contributed by atoms with E-state index in [1.807, 2.05) is 0 Å². The summed E-state index contributed by atoms with van der Waals surface area (Å²) in [5, 5.41) is 0. The molecule has 0 bridgehead atoms. The fraction of sp³-hybridized carbons (Fsp3) is 1.00. The van der Waals surface area contributed by atoms with E-state index in [0.717, 1.165) is 0 Å². The quantitative estimate of drug-likeness (QED) is 0.405. The van der Waals surface area contributed by atoms with Crippen LogP contribution in [0.15, 0.2) is 0 Å². The third-order valence-corrected chi connectivity index (χ3v) is 1.34. The maximum Gasteiger partial charge on any atom is 0.113 e. The SMILES string of the molecule is FCCOCCOCCOCCCl. The number of rotatable bonds is 10. The van der Waals surface area contributed by atoms with E-state index in [1.54, 1.807) is 0 Å². The lowest BCUT2D eigenvalue weighted by molar-refractivity contribution is 0.0149. The highest BCUT2D eigenvalue weighted by molar-refractivity contribution is 6.17. The van der Waals surface area contributed by atoms with E-state index < -0.39 is 6.67 Å². The summed E-state index contributed by atoms with van der Waals surface area (Å²) in [5.41, 5.74) is 0. The molecule has 0 aromatic carbocycles. The van der Waals surface area contributed by atoms with Crippen LogP contribution in [0.4, 0.5) is 4.39 Å². The number of hydrogen-bond donors (Lipinski definition) is 0. The lowest BCUT2D eigenvalue weighted by Crippen LogP contribution is -2.10. The molecule has 0 radical (unpaired) electrons. The number of ether oxygens (including phenoxy) is 3. The van der Waals surface area contributed by atoms with Gasteiger partial charge in [-0.3, -0.25) is 0 Å². The van der Waals surface area contributed by atoms with Gasteiger partial charge in [0, 0.05) is 5.88 Å². The van der Waals surface area contributed by atoms with E-state index in [-0.39, 0.29) is 6.61 Å². The second kappa shape index (κ2) is 12.1. The van der Waals surface area contributed by atoms with Gasteiger partial charge in [0.1, 0.15) is 6.67 Å². The summed E-state index contributed by atoms with van der Waals surface area (Å²) in [6.45, 7) is 2.21. The van der Waals surface area contributed by atoms with Gasteiger partial charge in [-0.05, 0) is 0 Å². The molecule has 0 fully saturated rings. The van der Waals surface area contributed by atoms with E-state index in [4.69, 9.17) is 25.8 Å².